The van der Waals surface area contributed by atoms with Gasteiger partial charge in [-0.1, -0.05) is 28.1 Å². The molecule has 0 saturated carbocycles. The normalized spacial score (nSPS) is 12.5. The van der Waals surface area contributed by atoms with Crippen LogP contribution in [0.25, 0.3) is 0 Å². The quantitative estimate of drug-likeness (QED) is 0.770. The maximum Gasteiger partial charge on any atom is 0.244 e. The monoisotopic (exact) mass is 425 g/mol. The van der Waals surface area contributed by atoms with Gasteiger partial charge in [-0.25, -0.2) is 4.98 Å². The van der Waals surface area contributed by atoms with Crippen LogP contribution in [0.1, 0.15) is 17.5 Å². The first-order valence-corrected chi connectivity index (χ1v) is 7.89. The van der Waals surface area contributed by atoms with Crippen LogP contribution < -0.4 is 11.1 Å². The number of nitrogens with one attached hydrogen (secondary N) is 1. The highest BCUT2D eigenvalue weighted by atomic mass is 79.9. The molecule has 2 rings (SSSR count). The van der Waals surface area contributed by atoms with Crippen molar-refractivity contribution in [3.05, 3.63) is 50.9 Å². The predicted octanol–water partition coefficient (Wildman–Crippen LogP) is 3.28. The number of aromatic nitrogens is 1. The van der Waals surface area contributed by atoms with Crippen LogP contribution >= 0.6 is 52.1 Å². The van der Waals surface area contributed by atoms with Crippen LogP contribution in [0.15, 0.2) is 40.3 Å². The summed E-state index contributed by atoms with van der Waals surface area (Å²) in [6, 6.07) is 7.46. The largest absolute Gasteiger partial charge is 0.354 e. The molecule has 0 bridgehead atoms. The SMILES string of the molecule is CC(N)(C(=O)NCCc1nccs1)c1ccc(Br)cc1.Cl.Cl. The van der Waals surface area contributed by atoms with E-state index in [-0.39, 0.29) is 30.7 Å². The van der Waals surface area contributed by atoms with E-state index in [0.717, 1.165) is 21.5 Å². The van der Waals surface area contributed by atoms with Gasteiger partial charge in [0, 0.05) is 29.0 Å². The van der Waals surface area contributed by atoms with Crippen LogP contribution in [0.4, 0.5) is 0 Å². The Bertz CT molecular complexity index is 576. The number of thiazole rings is 1. The molecule has 1 atom stereocenters. The van der Waals surface area contributed by atoms with E-state index in [4.69, 9.17) is 5.73 Å². The topological polar surface area (TPSA) is 68.0 Å². The van der Waals surface area contributed by atoms with E-state index in [1.165, 1.54) is 0 Å². The van der Waals surface area contributed by atoms with Gasteiger partial charge in [0.05, 0.1) is 5.01 Å². The van der Waals surface area contributed by atoms with Crippen molar-refractivity contribution in [2.45, 2.75) is 18.9 Å². The summed E-state index contributed by atoms with van der Waals surface area (Å²) >= 11 is 4.95. The number of carbonyl (C=O) groups is 1. The van der Waals surface area contributed by atoms with Gasteiger partial charge in [0.25, 0.3) is 0 Å². The fraction of sp³-hybridized carbons (Fsp3) is 0.286. The molecule has 1 amide bonds. The van der Waals surface area contributed by atoms with Crippen LogP contribution in [0.5, 0.6) is 0 Å². The number of carbonyl (C=O) groups excluding carboxylic acids is 1. The number of nitrogens with zero attached hydrogens (tertiary/aromatic N) is 1. The molecule has 2 aromatic rings. The third-order valence-electron chi connectivity index (χ3n) is 3.02. The van der Waals surface area contributed by atoms with Crippen molar-refractivity contribution in [2.75, 3.05) is 6.54 Å². The highest BCUT2D eigenvalue weighted by Crippen LogP contribution is 2.20. The third kappa shape index (κ3) is 5.52. The Balaban J connectivity index is 0.00000220. The standard InChI is InChI=1S/C14H16BrN3OS.2ClH/c1-14(16,10-2-4-11(15)5-3-10)13(19)18-7-6-12-17-8-9-20-12;;/h2-5,8-9H,6-7,16H2,1H3,(H,18,19);2*1H. The van der Waals surface area contributed by atoms with Gasteiger partial charge in [-0.05, 0) is 24.6 Å². The predicted molar refractivity (Wildman–Crippen MR) is 99.0 cm³/mol. The average Bonchev–Trinajstić information content (AvgIpc) is 2.92. The average molecular weight is 427 g/mol. The molecule has 22 heavy (non-hydrogen) atoms. The molecular weight excluding hydrogens is 409 g/mol. The fourth-order valence-electron chi connectivity index (χ4n) is 1.77. The number of nitrogens with two attached hydrogens (primary N) is 1. The van der Waals surface area contributed by atoms with Gasteiger partial charge in [-0.2, -0.15) is 0 Å². The molecule has 0 saturated heterocycles. The number of hydrogen-bond acceptors (Lipinski definition) is 4. The smallest absolute Gasteiger partial charge is 0.244 e. The molecule has 0 radical (unpaired) electrons. The molecule has 1 unspecified atom stereocenters. The number of halogens is 3. The van der Waals surface area contributed by atoms with E-state index in [1.807, 2.05) is 29.6 Å². The van der Waals surface area contributed by atoms with Gasteiger partial charge >= 0.3 is 0 Å². The molecule has 1 aromatic carbocycles. The summed E-state index contributed by atoms with van der Waals surface area (Å²) in [5, 5.41) is 5.80. The summed E-state index contributed by atoms with van der Waals surface area (Å²) in [6.07, 6.45) is 2.48. The Labute approximate surface area is 154 Å². The molecule has 0 fully saturated rings. The second-order valence-corrected chi connectivity index (χ2v) is 6.54. The second-order valence-electron chi connectivity index (χ2n) is 4.64. The maximum atomic E-state index is 12.2. The van der Waals surface area contributed by atoms with E-state index in [9.17, 15) is 4.79 Å². The van der Waals surface area contributed by atoms with Crippen molar-refractivity contribution in [2.24, 2.45) is 5.73 Å². The van der Waals surface area contributed by atoms with Gasteiger partial charge in [-0.3, -0.25) is 4.79 Å². The molecule has 0 spiro atoms. The fourth-order valence-corrected chi connectivity index (χ4v) is 2.65. The molecule has 8 heteroatoms. The molecule has 4 nitrogen and oxygen atoms in total. The van der Waals surface area contributed by atoms with E-state index < -0.39 is 5.54 Å². The van der Waals surface area contributed by atoms with Crippen molar-refractivity contribution in [1.82, 2.24) is 10.3 Å². The minimum absolute atomic E-state index is 0. The number of hydrogen-bond donors (Lipinski definition) is 2. The summed E-state index contributed by atoms with van der Waals surface area (Å²) in [6.45, 7) is 2.25. The minimum Gasteiger partial charge on any atom is -0.354 e. The lowest BCUT2D eigenvalue weighted by molar-refractivity contribution is -0.126. The van der Waals surface area contributed by atoms with Crippen molar-refractivity contribution in [3.8, 4) is 0 Å². The van der Waals surface area contributed by atoms with Crippen molar-refractivity contribution >= 4 is 58.0 Å². The van der Waals surface area contributed by atoms with Crippen LogP contribution in [0.2, 0.25) is 0 Å². The summed E-state index contributed by atoms with van der Waals surface area (Å²) in [5.74, 6) is -0.184. The van der Waals surface area contributed by atoms with Gasteiger partial charge in [-0.15, -0.1) is 36.2 Å². The number of rotatable bonds is 5. The first-order chi connectivity index (χ1) is 9.50. The minimum atomic E-state index is -1.04. The van der Waals surface area contributed by atoms with Crippen LogP contribution in [0.3, 0.4) is 0 Å². The number of amides is 1. The van der Waals surface area contributed by atoms with E-state index in [2.05, 4.69) is 26.2 Å². The van der Waals surface area contributed by atoms with Gasteiger partial charge in [0.2, 0.25) is 5.91 Å². The van der Waals surface area contributed by atoms with Crippen LogP contribution in [0, 0.1) is 0 Å². The molecule has 1 aromatic heterocycles. The van der Waals surface area contributed by atoms with Crippen molar-refractivity contribution < 1.29 is 4.79 Å². The Morgan fingerprint density at radius 2 is 2.00 bits per heavy atom. The lowest BCUT2D eigenvalue weighted by Crippen LogP contribution is -2.49. The molecule has 0 aliphatic heterocycles. The number of benzene rings is 1. The highest BCUT2D eigenvalue weighted by Gasteiger charge is 2.30. The Hall–Kier alpha value is -0.660. The highest BCUT2D eigenvalue weighted by molar-refractivity contribution is 9.10. The van der Waals surface area contributed by atoms with Crippen LogP contribution in [-0.4, -0.2) is 17.4 Å². The van der Waals surface area contributed by atoms with E-state index in [0.29, 0.717) is 6.54 Å². The molecule has 3 N–H and O–H groups in total. The molecular formula is C14H18BrCl2N3OS. The molecule has 0 aliphatic carbocycles. The zero-order chi connectivity index (χ0) is 14.6. The van der Waals surface area contributed by atoms with Gasteiger partial charge < -0.3 is 11.1 Å². The summed E-state index contributed by atoms with van der Waals surface area (Å²) in [7, 11) is 0. The second kappa shape index (κ2) is 9.47. The molecule has 1 heterocycles. The van der Waals surface area contributed by atoms with E-state index >= 15 is 0 Å². The summed E-state index contributed by atoms with van der Waals surface area (Å²) in [5.41, 5.74) is 5.90. The van der Waals surface area contributed by atoms with E-state index in [1.54, 1.807) is 24.5 Å². The first-order valence-electron chi connectivity index (χ1n) is 6.22. The lowest BCUT2D eigenvalue weighted by Gasteiger charge is -2.24. The first kappa shape index (κ1) is 21.3. The Kier molecular flexibility index (Phi) is 9.19. The maximum absolute atomic E-state index is 12.2. The lowest BCUT2D eigenvalue weighted by atomic mass is 9.92. The van der Waals surface area contributed by atoms with Crippen molar-refractivity contribution in [1.29, 1.82) is 0 Å². The van der Waals surface area contributed by atoms with Gasteiger partial charge in [0.1, 0.15) is 5.54 Å². The van der Waals surface area contributed by atoms with Crippen molar-refractivity contribution in [3.63, 3.8) is 0 Å². The summed E-state index contributed by atoms with van der Waals surface area (Å²) in [4.78, 5) is 16.4. The molecule has 122 valence electrons. The Morgan fingerprint density at radius 1 is 1.36 bits per heavy atom. The molecule has 0 aliphatic rings. The zero-order valence-electron chi connectivity index (χ0n) is 11.9. The Morgan fingerprint density at radius 3 is 2.55 bits per heavy atom. The zero-order valence-corrected chi connectivity index (χ0v) is 15.9. The third-order valence-corrected chi connectivity index (χ3v) is 4.39. The van der Waals surface area contributed by atoms with Crippen LogP contribution in [-0.2, 0) is 16.8 Å². The van der Waals surface area contributed by atoms with Gasteiger partial charge in [0.15, 0.2) is 0 Å². The summed E-state index contributed by atoms with van der Waals surface area (Å²) < 4.78 is 0.959.